The second-order valence-corrected chi connectivity index (χ2v) is 7.78. The first-order valence-electron chi connectivity index (χ1n) is 9.04. The molecule has 0 aliphatic carbocycles. The highest BCUT2D eigenvalue weighted by molar-refractivity contribution is 6.44. The van der Waals surface area contributed by atoms with Crippen LogP contribution in [0.2, 0.25) is 15.1 Å². The summed E-state index contributed by atoms with van der Waals surface area (Å²) in [6, 6.07) is 20.5. The van der Waals surface area contributed by atoms with Gasteiger partial charge in [-0.05, 0) is 40.6 Å². The molecular weight excluding hydrogens is 443 g/mol. The highest BCUT2D eigenvalue weighted by atomic mass is 35.5. The average Bonchev–Trinajstić information content (AvgIpc) is 3.19. The Hall–Kier alpha value is -2.79. The number of nitrogens with zero attached hydrogens (tertiary/aromatic N) is 1. The summed E-state index contributed by atoms with van der Waals surface area (Å²) >= 11 is 18.2. The van der Waals surface area contributed by atoms with Crippen molar-refractivity contribution in [3.05, 3.63) is 93.1 Å². The highest BCUT2D eigenvalue weighted by Crippen LogP contribution is 2.35. The fourth-order valence-electron chi connectivity index (χ4n) is 3.11. The summed E-state index contributed by atoms with van der Waals surface area (Å²) in [5.74, 6) is 0.751. The Morgan fingerprint density at radius 2 is 1.70 bits per heavy atom. The molecule has 0 radical (unpaired) electrons. The topological polar surface area (TPSA) is 54.6 Å². The van der Waals surface area contributed by atoms with E-state index in [1.165, 1.54) is 6.21 Å². The Balaban J connectivity index is 1.43. The Bertz CT molecular complexity index is 1260. The summed E-state index contributed by atoms with van der Waals surface area (Å²) in [6.45, 7) is 0. The average molecular weight is 458 g/mol. The predicted octanol–water partition coefficient (Wildman–Crippen LogP) is 6.75. The maximum Gasteiger partial charge on any atom is 0.244 e. The minimum Gasteiger partial charge on any atom is -0.455 e. The molecule has 4 rings (SSSR count). The monoisotopic (exact) mass is 456 g/mol. The van der Waals surface area contributed by atoms with Gasteiger partial charge in [0.25, 0.3) is 0 Å². The Morgan fingerprint density at radius 1 is 0.933 bits per heavy atom. The smallest absolute Gasteiger partial charge is 0.244 e. The molecule has 30 heavy (non-hydrogen) atoms. The van der Waals surface area contributed by atoms with E-state index in [1.807, 2.05) is 42.5 Å². The van der Waals surface area contributed by atoms with Crippen LogP contribution in [0.3, 0.4) is 0 Å². The fourth-order valence-corrected chi connectivity index (χ4v) is 3.75. The van der Waals surface area contributed by atoms with E-state index in [1.54, 1.807) is 24.3 Å². The van der Waals surface area contributed by atoms with E-state index < -0.39 is 0 Å². The Kier molecular flexibility index (Phi) is 6.09. The van der Waals surface area contributed by atoms with Crippen LogP contribution in [0.4, 0.5) is 0 Å². The summed E-state index contributed by atoms with van der Waals surface area (Å²) in [6.07, 6.45) is 1.65. The number of amides is 1. The highest BCUT2D eigenvalue weighted by Gasteiger charge is 2.12. The number of furan rings is 1. The first-order chi connectivity index (χ1) is 14.5. The quantitative estimate of drug-likeness (QED) is 0.205. The van der Waals surface area contributed by atoms with Crippen molar-refractivity contribution in [2.45, 2.75) is 6.42 Å². The SMILES string of the molecule is O=C(Cc1cccc2ccccc12)N/N=C\c1ccc(-c2cc(Cl)c(Cl)cc2Cl)o1. The van der Waals surface area contributed by atoms with Gasteiger partial charge in [-0.25, -0.2) is 5.43 Å². The van der Waals surface area contributed by atoms with Crippen LogP contribution in [-0.2, 0) is 11.2 Å². The third kappa shape index (κ3) is 4.51. The second-order valence-electron chi connectivity index (χ2n) is 6.56. The van der Waals surface area contributed by atoms with Crippen molar-refractivity contribution in [1.82, 2.24) is 5.43 Å². The molecule has 7 heteroatoms. The van der Waals surface area contributed by atoms with Crippen molar-refractivity contribution >= 4 is 57.7 Å². The summed E-state index contributed by atoms with van der Waals surface area (Å²) < 4.78 is 5.72. The molecule has 0 spiro atoms. The fraction of sp³-hybridized carbons (Fsp3) is 0.0435. The summed E-state index contributed by atoms with van der Waals surface area (Å²) in [7, 11) is 0. The third-order valence-electron chi connectivity index (χ3n) is 4.51. The molecule has 4 aromatic rings. The van der Waals surface area contributed by atoms with E-state index in [9.17, 15) is 4.79 Å². The largest absolute Gasteiger partial charge is 0.455 e. The molecule has 150 valence electrons. The van der Waals surface area contributed by atoms with Gasteiger partial charge in [-0.2, -0.15) is 5.10 Å². The number of hydrogen-bond donors (Lipinski definition) is 1. The van der Waals surface area contributed by atoms with E-state index in [2.05, 4.69) is 10.5 Å². The molecule has 0 saturated carbocycles. The van der Waals surface area contributed by atoms with E-state index in [0.29, 0.717) is 32.2 Å². The number of fused-ring (bicyclic) bond motifs is 1. The van der Waals surface area contributed by atoms with Gasteiger partial charge in [-0.15, -0.1) is 0 Å². The second kappa shape index (κ2) is 8.92. The van der Waals surface area contributed by atoms with Crippen LogP contribution in [0.1, 0.15) is 11.3 Å². The minimum atomic E-state index is -0.220. The lowest BCUT2D eigenvalue weighted by molar-refractivity contribution is -0.120. The number of hydrazone groups is 1. The van der Waals surface area contributed by atoms with Gasteiger partial charge in [0, 0.05) is 5.56 Å². The molecule has 0 saturated heterocycles. The number of hydrogen-bond acceptors (Lipinski definition) is 3. The maximum atomic E-state index is 12.3. The van der Waals surface area contributed by atoms with E-state index in [0.717, 1.165) is 16.3 Å². The molecule has 0 aliphatic heterocycles. The lowest BCUT2D eigenvalue weighted by atomic mass is 10.0. The number of carbonyl (C=O) groups excluding carboxylic acids is 1. The molecule has 4 nitrogen and oxygen atoms in total. The lowest BCUT2D eigenvalue weighted by Gasteiger charge is -2.05. The molecule has 0 bridgehead atoms. The van der Waals surface area contributed by atoms with Crippen LogP contribution in [0.25, 0.3) is 22.1 Å². The predicted molar refractivity (Wildman–Crippen MR) is 123 cm³/mol. The van der Waals surface area contributed by atoms with Crippen molar-refractivity contribution in [3.63, 3.8) is 0 Å². The van der Waals surface area contributed by atoms with Crippen LogP contribution in [0, 0.1) is 0 Å². The molecule has 1 N–H and O–H groups in total. The summed E-state index contributed by atoms with van der Waals surface area (Å²) in [5.41, 5.74) is 4.08. The molecule has 0 fully saturated rings. The number of rotatable bonds is 5. The molecule has 0 atom stereocenters. The number of halogens is 3. The summed E-state index contributed by atoms with van der Waals surface area (Å²) in [4.78, 5) is 12.3. The van der Waals surface area contributed by atoms with Gasteiger partial charge >= 0.3 is 0 Å². The zero-order chi connectivity index (χ0) is 21.1. The van der Waals surface area contributed by atoms with E-state index in [-0.39, 0.29) is 12.3 Å². The van der Waals surface area contributed by atoms with Gasteiger partial charge < -0.3 is 4.42 Å². The normalized spacial score (nSPS) is 11.3. The van der Waals surface area contributed by atoms with Crippen LogP contribution in [-0.4, -0.2) is 12.1 Å². The van der Waals surface area contributed by atoms with Gasteiger partial charge in [-0.1, -0.05) is 77.3 Å². The van der Waals surface area contributed by atoms with E-state index >= 15 is 0 Å². The molecule has 0 aliphatic rings. The van der Waals surface area contributed by atoms with Crippen molar-refractivity contribution in [2.24, 2.45) is 5.10 Å². The van der Waals surface area contributed by atoms with Crippen molar-refractivity contribution in [2.75, 3.05) is 0 Å². The standard InChI is InChI=1S/C23H15Cl3N2O2/c24-19-12-21(26)20(25)11-18(19)22-9-8-16(30-22)13-27-28-23(29)10-15-6-3-5-14-4-1-2-7-17(14)15/h1-9,11-13H,10H2,(H,28,29)/b27-13-. The van der Waals surface area contributed by atoms with Crippen LogP contribution in [0.5, 0.6) is 0 Å². The van der Waals surface area contributed by atoms with Gasteiger partial charge in [0.05, 0.1) is 27.7 Å². The number of nitrogens with one attached hydrogen (secondary N) is 1. The number of carbonyl (C=O) groups is 1. The minimum absolute atomic E-state index is 0.220. The van der Waals surface area contributed by atoms with Crippen molar-refractivity contribution in [1.29, 1.82) is 0 Å². The van der Waals surface area contributed by atoms with Gasteiger partial charge in [0.2, 0.25) is 5.91 Å². The molecule has 1 amide bonds. The third-order valence-corrected chi connectivity index (χ3v) is 5.55. The van der Waals surface area contributed by atoms with Crippen molar-refractivity contribution in [3.8, 4) is 11.3 Å². The van der Waals surface area contributed by atoms with Gasteiger partial charge in [0.15, 0.2) is 0 Å². The number of benzene rings is 3. The Labute approximate surface area is 188 Å². The molecule has 1 heterocycles. The van der Waals surface area contributed by atoms with E-state index in [4.69, 9.17) is 39.2 Å². The first-order valence-corrected chi connectivity index (χ1v) is 10.2. The van der Waals surface area contributed by atoms with Crippen LogP contribution in [0.15, 0.2) is 76.2 Å². The van der Waals surface area contributed by atoms with Crippen LogP contribution < -0.4 is 5.43 Å². The van der Waals surface area contributed by atoms with Crippen molar-refractivity contribution < 1.29 is 9.21 Å². The lowest BCUT2D eigenvalue weighted by Crippen LogP contribution is -2.19. The maximum absolute atomic E-state index is 12.3. The molecule has 3 aromatic carbocycles. The molecule has 0 unspecified atom stereocenters. The molecular formula is C23H15Cl3N2O2. The van der Waals surface area contributed by atoms with Gasteiger partial charge in [-0.3, -0.25) is 4.79 Å². The first kappa shape index (κ1) is 20.5. The Morgan fingerprint density at radius 3 is 2.57 bits per heavy atom. The zero-order valence-electron chi connectivity index (χ0n) is 15.5. The van der Waals surface area contributed by atoms with Crippen LogP contribution >= 0.6 is 34.8 Å². The van der Waals surface area contributed by atoms with Gasteiger partial charge in [0.1, 0.15) is 11.5 Å². The summed E-state index contributed by atoms with van der Waals surface area (Å²) in [5, 5.41) is 7.29. The zero-order valence-corrected chi connectivity index (χ0v) is 17.8. The molecule has 1 aromatic heterocycles.